The molecule has 5 atom stereocenters. The van der Waals surface area contributed by atoms with Crippen molar-refractivity contribution < 1.29 is 23.4 Å². The number of fused-ring (bicyclic) bond motifs is 7. The quantitative estimate of drug-likeness (QED) is 0.226. The van der Waals surface area contributed by atoms with Crippen molar-refractivity contribution in [3.05, 3.63) is 77.2 Å². The minimum Gasteiger partial charge on any atom is -0.508 e. The van der Waals surface area contributed by atoms with Crippen LogP contribution in [0.4, 0.5) is 14.6 Å². The van der Waals surface area contributed by atoms with Crippen molar-refractivity contribution in [2.24, 2.45) is 0 Å². The molecule has 2 N–H and O–H groups in total. The molecule has 11 heteroatoms. The van der Waals surface area contributed by atoms with E-state index >= 15 is 8.78 Å². The number of rotatable bonds is 5. The summed E-state index contributed by atoms with van der Waals surface area (Å²) in [5, 5.41) is 16.0. The van der Waals surface area contributed by atoms with Crippen LogP contribution in [0.25, 0.3) is 32.9 Å². The van der Waals surface area contributed by atoms with Crippen LogP contribution >= 0.6 is 0 Å². The molecule has 2 aromatic heterocycles. The third kappa shape index (κ3) is 4.34. The molecule has 3 saturated heterocycles. The average molecular weight is 673 g/mol. The number of aromatic hydroxyl groups is 1. The predicted octanol–water partition coefficient (Wildman–Crippen LogP) is 5.77. The Morgan fingerprint density at radius 3 is 2.76 bits per heavy atom. The van der Waals surface area contributed by atoms with E-state index in [1.54, 1.807) is 24.4 Å². The number of nitrogens with one attached hydrogen (secondary N) is 1. The van der Waals surface area contributed by atoms with Crippen molar-refractivity contribution in [2.45, 2.75) is 55.5 Å². The molecule has 252 valence electrons. The number of halogens is 2. The molecule has 2 bridgehead atoms. The molecule has 5 aliphatic heterocycles. The highest BCUT2D eigenvalue weighted by Crippen LogP contribution is 2.57. The van der Waals surface area contributed by atoms with Gasteiger partial charge in [0.2, 0.25) is 0 Å². The summed E-state index contributed by atoms with van der Waals surface area (Å²) in [4.78, 5) is 18.6. The van der Waals surface area contributed by atoms with Gasteiger partial charge in [-0.25, -0.2) is 8.78 Å². The number of anilines is 1. The number of alkyl halides is 1. The number of terminal acetylenes is 1. The predicted molar refractivity (Wildman–Crippen MR) is 185 cm³/mol. The number of benzene rings is 3. The van der Waals surface area contributed by atoms with Gasteiger partial charge in [-0.3, -0.25) is 9.88 Å². The van der Waals surface area contributed by atoms with E-state index in [0.717, 1.165) is 36.1 Å². The van der Waals surface area contributed by atoms with Gasteiger partial charge < -0.3 is 24.8 Å². The highest BCUT2D eigenvalue weighted by atomic mass is 19.1. The van der Waals surface area contributed by atoms with E-state index in [1.807, 2.05) is 24.3 Å². The first kappa shape index (κ1) is 29.8. The van der Waals surface area contributed by atoms with E-state index in [2.05, 4.69) is 26.0 Å². The van der Waals surface area contributed by atoms with Gasteiger partial charge in [0, 0.05) is 78.9 Å². The largest absolute Gasteiger partial charge is 0.508 e. The van der Waals surface area contributed by atoms with E-state index in [9.17, 15) is 5.11 Å². The Morgan fingerprint density at radius 1 is 1.08 bits per heavy atom. The van der Waals surface area contributed by atoms with Crippen molar-refractivity contribution in [1.82, 2.24) is 25.2 Å². The van der Waals surface area contributed by atoms with Crippen molar-refractivity contribution in [3.8, 4) is 41.1 Å². The number of pyridine rings is 1. The van der Waals surface area contributed by atoms with E-state index in [0.29, 0.717) is 71.4 Å². The van der Waals surface area contributed by atoms with Gasteiger partial charge in [-0.15, -0.1) is 6.42 Å². The molecule has 9 nitrogen and oxygen atoms in total. The van der Waals surface area contributed by atoms with Gasteiger partial charge in [0.05, 0.1) is 17.5 Å². The van der Waals surface area contributed by atoms with Crippen LogP contribution in [-0.4, -0.2) is 76.1 Å². The SMILES string of the molecule is C#Cc1cccc2cc(O)cc(-c3ncc4c(N5CC6CCC(C5)N6)nc(OCC56CC(F)CN5C5CCOc7cccc6c75)nc4c3F)c12. The number of phenols is 1. The zero-order chi connectivity index (χ0) is 33.7. The van der Waals surface area contributed by atoms with E-state index in [-0.39, 0.29) is 42.0 Å². The topological polar surface area (TPSA) is 95.9 Å². The molecular weight excluding hydrogens is 638 g/mol. The lowest BCUT2D eigenvalue weighted by Gasteiger charge is -2.36. The number of hydrogen-bond donors (Lipinski definition) is 2. The first-order chi connectivity index (χ1) is 24.4. The summed E-state index contributed by atoms with van der Waals surface area (Å²) < 4.78 is 44.9. The lowest BCUT2D eigenvalue weighted by atomic mass is 9.87. The molecule has 50 heavy (non-hydrogen) atoms. The van der Waals surface area contributed by atoms with E-state index in [4.69, 9.17) is 25.9 Å². The fraction of sp³-hybridized carbons (Fsp3) is 0.359. The van der Waals surface area contributed by atoms with Crippen LogP contribution in [0.3, 0.4) is 0 Å². The van der Waals surface area contributed by atoms with Crippen molar-refractivity contribution in [1.29, 1.82) is 0 Å². The third-order valence-electron chi connectivity index (χ3n) is 11.4. The van der Waals surface area contributed by atoms with Gasteiger partial charge in [-0.1, -0.05) is 30.2 Å². The molecule has 0 saturated carbocycles. The Kier molecular flexibility index (Phi) is 6.55. The lowest BCUT2D eigenvalue weighted by molar-refractivity contribution is 0.0455. The fourth-order valence-electron chi connectivity index (χ4n) is 9.39. The van der Waals surface area contributed by atoms with Crippen LogP contribution in [0, 0.1) is 18.2 Å². The molecular formula is C39H34F2N6O3. The third-order valence-corrected chi connectivity index (χ3v) is 11.4. The first-order valence-corrected chi connectivity index (χ1v) is 17.3. The van der Waals surface area contributed by atoms with Crippen molar-refractivity contribution in [2.75, 3.05) is 37.7 Å². The smallest absolute Gasteiger partial charge is 0.319 e. The van der Waals surface area contributed by atoms with Gasteiger partial charge >= 0.3 is 6.01 Å². The Morgan fingerprint density at radius 2 is 1.92 bits per heavy atom. The molecule has 10 rings (SSSR count). The summed E-state index contributed by atoms with van der Waals surface area (Å²) in [5.74, 6) is 3.38. The zero-order valence-electron chi connectivity index (χ0n) is 27.2. The maximum atomic E-state index is 17.1. The number of aromatic nitrogens is 3. The Balaban J connectivity index is 1.11. The Bertz CT molecular complexity index is 2270. The van der Waals surface area contributed by atoms with Gasteiger partial charge in [0.1, 0.15) is 41.3 Å². The summed E-state index contributed by atoms with van der Waals surface area (Å²) in [6.07, 6.45) is 9.60. The first-order valence-electron chi connectivity index (χ1n) is 17.3. The summed E-state index contributed by atoms with van der Waals surface area (Å²) in [5.41, 5.74) is 2.37. The number of phenolic OH excluding ortho intramolecular Hbond substituents is 1. The van der Waals surface area contributed by atoms with Crippen molar-refractivity contribution in [3.63, 3.8) is 0 Å². The summed E-state index contributed by atoms with van der Waals surface area (Å²) in [7, 11) is 0. The van der Waals surface area contributed by atoms with Crippen molar-refractivity contribution >= 4 is 27.5 Å². The number of ether oxygens (including phenoxy) is 2. The molecule has 7 heterocycles. The van der Waals surface area contributed by atoms with Gasteiger partial charge in [-0.2, -0.15) is 9.97 Å². The minimum absolute atomic E-state index is 0.0106. The van der Waals surface area contributed by atoms with Crippen LogP contribution in [0.15, 0.2) is 54.7 Å². The van der Waals surface area contributed by atoms with Gasteiger partial charge in [-0.05, 0) is 48.1 Å². The number of nitrogens with zero attached hydrogens (tertiary/aromatic N) is 5. The summed E-state index contributed by atoms with van der Waals surface area (Å²) >= 11 is 0. The molecule has 0 aliphatic carbocycles. The molecule has 0 radical (unpaired) electrons. The average Bonchev–Trinajstić information content (AvgIpc) is 3.74. The van der Waals surface area contributed by atoms with Crippen LogP contribution in [0.5, 0.6) is 17.5 Å². The molecule has 3 aromatic carbocycles. The van der Waals surface area contributed by atoms with Crippen LogP contribution in [0.1, 0.15) is 48.4 Å². The Labute approximate surface area is 287 Å². The summed E-state index contributed by atoms with van der Waals surface area (Å²) in [6.45, 7) is 2.37. The maximum absolute atomic E-state index is 17.1. The second kappa shape index (κ2) is 11.0. The van der Waals surface area contributed by atoms with Gasteiger partial charge in [0.15, 0.2) is 5.82 Å². The molecule has 0 amide bonds. The number of hydrogen-bond acceptors (Lipinski definition) is 9. The molecule has 0 spiro atoms. The fourth-order valence-corrected chi connectivity index (χ4v) is 9.39. The standard InChI is InChI=1S/C39H34F2N6O3/c1-2-21-5-3-6-22-13-26(48)14-27(32(21)22)35-34(41)36-28(16-42-35)37(46-18-24-9-10-25(19-46)43-24)45-38(44-36)50-20-39-15-23(40)17-47(39)30-11-12-49-31-8-4-7-29(39)33(30)31/h1,3-8,13-14,16,23-25,30,43,48H,9-12,15,17-20H2. The Hall–Kier alpha value is -5.05. The highest BCUT2D eigenvalue weighted by Gasteiger charge is 2.58. The van der Waals surface area contributed by atoms with Crippen LogP contribution in [-0.2, 0) is 5.54 Å². The maximum Gasteiger partial charge on any atom is 0.319 e. The minimum atomic E-state index is -1.02. The zero-order valence-corrected chi connectivity index (χ0v) is 27.2. The second-order valence-corrected chi connectivity index (χ2v) is 14.2. The second-order valence-electron chi connectivity index (χ2n) is 14.2. The molecule has 5 unspecified atom stereocenters. The lowest BCUT2D eigenvalue weighted by Crippen LogP contribution is -2.51. The monoisotopic (exact) mass is 672 g/mol. The normalized spacial score (nSPS) is 26.5. The van der Waals surface area contributed by atoms with E-state index in [1.165, 1.54) is 6.07 Å². The van der Waals surface area contributed by atoms with Crippen LogP contribution < -0.4 is 19.7 Å². The van der Waals surface area contributed by atoms with Gasteiger partial charge in [0.25, 0.3) is 0 Å². The highest BCUT2D eigenvalue weighted by molar-refractivity contribution is 6.02. The van der Waals surface area contributed by atoms with Crippen LogP contribution in [0.2, 0.25) is 0 Å². The molecule has 5 aromatic rings. The number of piperazine rings is 1. The van der Waals surface area contributed by atoms with E-state index < -0.39 is 17.5 Å². The molecule has 5 aliphatic rings. The molecule has 3 fully saturated rings. The summed E-state index contributed by atoms with van der Waals surface area (Å²) in [6, 6.07) is 15.1.